The van der Waals surface area contributed by atoms with Gasteiger partial charge in [0.2, 0.25) is 0 Å². The van der Waals surface area contributed by atoms with Crippen LogP contribution in [-0.4, -0.2) is 28.9 Å². The summed E-state index contributed by atoms with van der Waals surface area (Å²) < 4.78 is 0.849. The number of carbonyl (C=O) groups is 1. The third-order valence-electron chi connectivity index (χ3n) is 2.50. The minimum Gasteiger partial charge on any atom is -0.481 e. The van der Waals surface area contributed by atoms with Gasteiger partial charge in [-0.05, 0) is 18.2 Å². The first-order chi connectivity index (χ1) is 7.60. The zero-order chi connectivity index (χ0) is 11.6. The number of aliphatic carboxylic acids is 1. The van der Waals surface area contributed by atoms with Gasteiger partial charge in [0.25, 0.3) is 0 Å². The molecular formula is C11H12BrNO2S. The zero-order valence-electron chi connectivity index (χ0n) is 8.57. The average Bonchev–Trinajstić information content (AvgIpc) is 2.13. The molecule has 3 nitrogen and oxygen atoms in total. The molecule has 1 aromatic carbocycles. The van der Waals surface area contributed by atoms with E-state index in [2.05, 4.69) is 21.2 Å². The fourth-order valence-corrected chi connectivity index (χ4v) is 3.62. The molecule has 1 aliphatic rings. The molecule has 0 saturated carbocycles. The molecule has 1 aromatic rings. The van der Waals surface area contributed by atoms with Gasteiger partial charge in [0, 0.05) is 22.5 Å². The summed E-state index contributed by atoms with van der Waals surface area (Å²) in [6, 6.07) is 7.96. The molecule has 1 aliphatic heterocycles. The molecule has 1 fully saturated rings. The van der Waals surface area contributed by atoms with Gasteiger partial charge in [-0.15, -0.1) is 11.8 Å². The Hall–Kier alpha value is -0.520. The smallest absolute Gasteiger partial charge is 0.304 e. The van der Waals surface area contributed by atoms with Crippen LogP contribution in [0.5, 0.6) is 0 Å². The van der Waals surface area contributed by atoms with Crippen molar-refractivity contribution in [2.45, 2.75) is 16.1 Å². The summed E-state index contributed by atoms with van der Waals surface area (Å²) in [4.78, 5) is 11.9. The van der Waals surface area contributed by atoms with Gasteiger partial charge in [0.1, 0.15) is 0 Å². The van der Waals surface area contributed by atoms with Crippen molar-refractivity contribution in [3.05, 3.63) is 28.7 Å². The van der Waals surface area contributed by atoms with Gasteiger partial charge in [-0.25, -0.2) is 0 Å². The number of carboxylic acid groups (broad SMARTS) is 1. The molecule has 0 unspecified atom stereocenters. The van der Waals surface area contributed by atoms with E-state index in [1.165, 1.54) is 0 Å². The molecule has 0 spiro atoms. The number of hydrogen-bond donors (Lipinski definition) is 2. The first-order valence-electron chi connectivity index (χ1n) is 4.97. The van der Waals surface area contributed by atoms with Crippen LogP contribution in [0.15, 0.2) is 33.6 Å². The Morgan fingerprint density at radius 2 is 2.31 bits per heavy atom. The van der Waals surface area contributed by atoms with E-state index >= 15 is 0 Å². The van der Waals surface area contributed by atoms with Gasteiger partial charge in [-0.3, -0.25) is 4.79 Å². The van der Waals surface area contributed by atoms with E-state index in [1.54, 1.807) is 11.8 Å². The highest BCUT2D eigenvalue weighted by atomic mass is 79.9. The second kappa shape index (κ2) is 4.77. The molecular weight excluding hydrogens is 290 g/mol. The molecule has 16 heavy (non-hydrogen) atoms. The van der Waals surface area contributed by atoms with Crippen molar-refractivity contribution in [3.8, 4) is 0 Å². The van der Waals surface area contributed by atoms with E-state index < -0.39 is 5.97 Å². The second-order valence-corrected chi connectivity index (χ2v) is 6.37. The second-order valence-electron chi connectivity index (χ2n) is 3.92. The van der Waals surface area contributed by atoms with Crippen molar-refractivity contribution in [2.75, 3.05) is 13.1 Å². The topological polar surface area (TPSA) is 49.3 Å². The van der Waals surface area contributed by atoms with Gasteiger partial charge in [-0.1, -0.05) is 22.0 Å². The van der Waals surface area contributed by atoms with Crippen LogP contribution in [0, 0.1) is 0 Å². The van der Waals surface area contributed by atoms with Crippen LogP contribution in [0.3, 0.4) is 0 Å². The van der Waals surface area contributed by atoms with E-state index in [-0.39, 0.29) is 11.2 Å². The maximum absolute atomic E-state index is 10.8. The summed E-state index contributed by atoms with van der Waals surface area (Å²) >= 11 is 5.06. The summed E-state index contributed by atoms with van der Waals surface area (Å²) in [7, 11) is 0. The summed E-state index contributed by atoms with van der Waals surface area (Å²) in [6.45, 7) is 1.52. The molecule has 0 amide bonds. The number of rotatable bonds is 4. The average molecular weight is 302 g/mol. The van der Waals surface area contributed by atoms with Crippen LogP contribution < -0.4 is 5.32 Å². The molecule has 0 aromatic heterocycles. The lowest BCUT2D eigenvalue weighted by Crippen LogP contribution is -2.57. The van der Waals surface area contributed by atoms with Gasteiger partial charge in [-0.2, -0.15) is 0 Å². The molecule has 2 rings (SSSR count). The van der Waals surface area contributed by atoms with Gasteiger partial charge < -0.3 is 10.4 Å². The molecule has 0 radical (unpaired) electrons. The Bertz CT molecular complexity index is 407. The molecule has 5 heteroatoms. The van der Waals surface area contributed by atoms with Crippen LogP contribution in [0.4, 0.5) is 0 Å². The van der Waals surface area contributed by atoms with Gasteiger partial charge in [0.15, 0.2) is 0 Å². The SMILES string of the molecule is O=C(O)CC1(Sc2cccc(Br)c2)CNC1. The van der Waals surface area contributed by atoms with Crippen molar-refractivity contribution >= 4 is 33.7 Å². The number of carboxylic acids is 1. The lowest BCUT2D eigenvalue weighted by Gasteiger charge is -2.40. The Morgan fingerprint density at radius 1 is 1.56 bits per heavy atom. The first-order valence-corrected chi connectivity index (χ1v) is 6.58. The molecule has 0 aliphatic carbocycles. The molecule has 2 N–H and O–H groups in total. The fraction of sp³-hybridized carbons (Fsp3) is 0.364. The summed E-state index contributed by atoms with van der Waals surface area (Å²) in [5.74, 6) is -0.732. The highest BCUT2D eigenvalue weighted by Crippen LogP contribution is 2.39. The predicted molar refractivity (Wildman–Crippen MR) is 67.9 cm³/mol. The van der Waals surface area contributed by atoms with E-state index in [9.17, 15) is 4.79 Å². The normalized spacial score (nSPS) is 17.8. The minimum atomic E-state index is -0.732. The maximum Gasteiger partial charge on any atom is 0.304 e. The lowest BCUT2D eigenvalue weighted by molar-refractivity contribution is -0.138. The number of halogens is 1. The predicted octanol–water partition coefficient (Wildman–Crippen LogP) is 2.36. The van der Waals surface area contributed by atoms with Gasteiger partial charge >= 0.3 is 5.97 Å². The standard InChI is InChI=1S/C11H12BrNO2S/c12-8-2-1-3-9(4-8)16-11(5-10(14)15)6-13-7-11/h1-4,13H,5-7H2,(H,14,15). The summed E-state index contributed by atoms with van der Waals surface area (Å²) in [6.07, 6.45) is 0.206. The fourth-order valence-electron chi connectivity index (χ4n) is 1.69. The van der Waals surface area contributed by atoms with Crippen molar-refractivity contribution in [2.24, 2.45) is 0 Å². The van der Waals surface area contributed by atoms with Crippen molar-refractivity contribution in [3.63, 3.8) is 0 Å². The number of thioether (sulfide) groups is 1. The van der Waals surface area contributed by atoms with Gasteiger partial charge in [0.05, 0.1) is 11.2 Å². The minimum absolute atomic E-state index is 0.174. The van der Waals surface area contributed by atoms with E-state index in [4.69, 9.17) is 5.11 Å². The first kappa shape index (κ1) is 12.0. The van der Waals surface area contributed by atoms with Crippen molar-refractivity contribution < 1.29 is 9.90 Å². The van der Waals surface area contributed by atoms with Crippen LogP contribution in [0.1, 0.15) is 6.42 Å². The Labute approximate surface area is 107 Å². The van der Waals surface area contributed by atoms with E-state index in [1.807, 2.05) is 24.3 Å². The third kappa shape index (κ3) is 2.78. The molecule has 0 bridgehead atoms. The quantitative estimate of drug-likeness (QED) is 0.896. The Kier molecular flexibility index (Phi) is 3.56. The van der Waals surface area contributed by atoms with Crippen LogP contribution in [0.25, 0.3) is 0 Å². The van der Waals surface area contributed by atoms with Crippen LogP contribution in [0.2, 0.25) is 0 Å². The third-order valence-corrected chi connectivity index (χ3v) is 4.35. The molecule has 1 saturated heterocycles. The summed E-state index contributed by atoms with van der Waals surface area (Å²) in [5, 5.41) is 12.0. The summed E-state index contributed by atoms with van der Waals surface area (Å²) in [5.41, 5.74) is 0. The number of benzene rings is 1. The van der Waals surface area contributed by atoms with E-state index in [0.717, 1.165) is 22.5 Å². The number of nitrogens with one attached hydrogen (secondary N) is 1. The highest BCUT2D eigenvalue weighted by molar-refractivity contribution is 9.10. The highest BCUT2D eigenvalue weighted by Gasteiger charge is 2.40. The van der Waals surface area contributed by atoms with Crippen LogP contribution in [-0.2, 0) is 4.79 Å². The molecule has 0 atom stereocenters. The zero-order valence-corrected chi connectivity index (χ0v) is 11.0. The molecule has 86 valence electrons. The lowest BCUT2D eigenvalue weighted by atomic mass is 9.98. The largest absolute Gasteiger partial charge is 0.481 e. The monoisotopic (exact) mass is 301 g/mol. The Morgan fingerprint density at radius 3 is 2.81 bits per heavy atom. The van der Waals surface area contributed by atoms with Crippen LogP contribution >= 0.6 is 27.7 Å². The van der Waals surface area contributed by atoms with E-state index in [0.29, 0.717) is 0 Å². The maximum atomic E-state index is 10.8. The molecule has 1 heterocycles. The van der Waals surface area contributed by atoms with Crippen molar-refractivity contribution in [1.29, 1.82) is 0 Å². The number of hydrogen-bond acceptors (Lipinski definition) is 3. The van der Waals surface area contributed by atoms with Crippen molar-refractivity contribution in [1.82, 2.24) is 5.32 Å². The Balaban J connectivity index is 2.09.